The third-order valence-electron chi connectivity index (χ3n) is 4.74. The standard InChI is InChI=1S/C22H18N4/c1-2-4-17-13-18(6-5-15(17)3-1)22-20(16-9-11-23-12-10-16)14-21(25-26-22)24-19-7-8-19/h1-6,9-14,19H,7-8H2,(H,24,25). The first-order chi connectivity index (χ1) is 12.9. The Balaban J connectivity index is 1.66. The third-order valence-corrected chi connectivity index (χ3v) is 4.74. The van der Waals surface area contributed by atoms with Crippen molar-refractivity contribution < 1.29 is 0 Å². The van der Waals surface area contributed by atoms with Gasteiger partial charge in [0.2, 0.25) is 0 Å². The molecule has 0 bridgehead atoms. The van der Waals surface area contributed by atoms with Gasteiger partial charge in [0.05, 0.1) is 0 Å². The number of nitrogens with one attached hydrogen (secondary N) is 1. The maximum absolute atomic E-state index is 4.58. The monoisotopic (exact) mass is 338 g/mol. The second-order valence-electron chi connectivity index (χ2n) is 6.71. The van der Waals surface area contributed by atoms with E-state index in [1.54, 1.807) is 0 Å². The molecule has 0 unspecified atom stereocenters. The fraction of sp³-hybridized carbons (Fsp3) is 0.136. The first-order valence-electron chi connectivity index (χ1n) is 8.91. The van der Waals surface area contributed by atoms with E-state index in [4.69, 9.17) is 0 Å². The number of anilines is 1. The van der Waals surface area contributed by atoms with E-state index < -0.39 is 0 Å². The molecule has 2 aromatic carbocycles. The predicted octanol–water partition coefficient (Wildman–Crippen LogP) is 4.93. The van der Waals surface area contributed by atoms with Gasteiger partial charge in [0.1, 0.15) is 11.5 Å². The number of nitrogens with zero attached hydrogens (tertiary/aromatic N) is 3. The summed E-state index contributed by atoms with van der Waals surface area (Å²) >= 11 is 0. The Morgan fingerprint density at radius 1 is 0.769 bits per heavy atom. The van der Waals surface area contributed by atoms with E-state index in [9.17, 15) is 0 Å². The molecular formula is C22H18N4. The minimum Gasteiger partial charge on any atom is -0.366 e. The van der Waals surface area contributed by atoms with Crippen LogP contribution in [0.2, 0.25) is 0 Å². The van der Waals surface area contributed by atoms with Crippen LogP contribution in [0.3, 0.4) is 0 Å². The van der Waals surface area contributed by atoms with Crippen LogP contribution in [-0.4, -0.2) is 21.2 Å². The van der Waals surface area contributed by atoms with Crippen LogP contribution in [0.15, 0.2) is 73.1 Å². The van der Waals surface area contributed by atoms with Gasteiger partial charge in [-0.25, -0.2) is 0 Å². The number of rotatable bonds is 4. The fourth-order valence-corrected chi connectivity index (χ4v) is 3.20. The van der Waals surface area contributed by atoms with Crippen molar-refractivity contribution in [3.05, 3.63) is 73.1 Å². The van der Waals surface area contributed by atoms with E-state index in [0.29, 0.717) is 6.04 Å². The van der Waals surface area contributed by atoms with Gasteiger partial charge in [-0.3, -0.25) is 4.98 Å². The van der Waals surface area contributed by atoms with E-state index in [0.717, 1.165) is 28.2 Å². The van der Waals surface area contributed by atoms with Crippen LogP contribution in [0.5, 0.6) is 0 Å². The topological polar surface area (TPSA) is 50.7 Å². The second-order valence-corrected chi connectivity index (χ2v) is 6.71. The largest absolute Gasteiger partial charge is 0.366 e. The predicted molar refractivity (Wildman–Crippen MR) is 105 cm³/mol. The van der Waals surface area contributed by atoms with Crippen LogP contribution in [0.4, 0.5) is 5.82 Å². The zero-order valence-electron chi connectivity index (χ0n) is 14.3. The summed E-state index contributed by atoms with van der Waals surface area (Å²) < 4.78 is 0. The molecule has 26 heavy (non-hydrogen) atoms. The van der Waals surface area contributed by atoms with Crippen molar-refractivity contribution in [2.45, 2.75) is 18.9 Å². The minimum absolute atomic E-state index is 0.543. The first-order valence-corrected chi connectivity index (χ1v) is 8.91. The van der Waals surface area contributed by atoms with Gasteiger partial charge < -0.3 is 5.32 Å². The van der Waals surface area contributed by atoms with Crippen molar-refractivity contribution in [1.82, 2.24) is 15.2 Å². The van der Waals surface area contributed by atoms with E-state index in [1.165, 1.54) is 23.6 Å². The lowest BCUT2D eigenvalue weighted by atomic mass is 9.98. The smallest absolute Gasteiger partial charge is 0.149 e. The van der Waals surface area contributed by atoms with E-state index in [-0.39, 0.29) is 0 Å². The Hall–Kier alpha value is -3.27. The molecule has 4 heteroatoms. The number of hydrogen-bond acceptors (Lipinski definition) is 4. The summed E-state index contributed by atoms with van der Waals surface area (Å²) in [4.78, 5) is 4.14. The summed E-state index contributed by atoms with van der Waals surface area (Å²) in [6.45, 7) is 0. The highest BCUT2D eigenvalue weighted by molar-refractivity contribution is 5.90. The van der Waals surface area contributed by atoms with Gasteiger partial charge in [-0.05, 0) is 53.4 Å². The molecule has 0 spiro atoms. The van der Waals surface area contributed by atoms with Crippen molar-refractivity contribution >= 4 is 16.6 Å². The molecule has 1 aliphatic carbocycles. The molecular weight excluding hydrogens is 320 g/mol. The van der Waals surface area contributed by atoms with E-state index >= 15 is 0 Å². The lowest BCUT2D eigenvalue weighted by Gasteiger charge is -2.12. The maximum atomic E-state index is 4.58. The summed E-state index contributed by atoms with van der Waals surface area (Å²) in [7, 11) is 0. The average Bonchev–Trinajstić information content (AvgIpc) is 3.52. The molecule has 4 nitrogen and oxygen atoms in total. The van der Waals surface area contributed by atoms with Crippen LogP contribution in [0, 0.1) is 0 Å². The third kappa shape index (κ3) is 2.90. The van der Waals surface area contributed by atoms with Crippen molar-refractivity contribution in [1.29, 1.82) is 0 Å². The van der Waals surface area contributed by atoms with Gasteiger partial charge in [-0.1, -0.05) is 36.4 Å². The molecule has 1 N–H and O–H groups in total. The Bertz CT molecular complexity index is 1070. The average molecular weight is 338 g/mol. The number of aromatic nitrogens is 3. The summed E-state index contributed by atoms with van der Waals surface area (Å²) in [6, 6.07) is 21.5. The van der Waals surface area contributed by atoms with E-state index in [1.807, 2.05) is 24.5 Å². The van der Waals surface area contributed by atoms with Gasteiger partial charge >= 0.3 is 0 Å². The normalized spacial score (nSPS) is 13.7. The van der Waals surface area contributed by atoms with Crippen molar-refractivity contribution in [3.63, 3.8) is 0 Å². The molecule has 2 heterocycles. The zero-order valence-corrected chi connectivity index (χ0v) is 14.3. The SMILES string of the molecule is c1ccc2cc(-c3nnc(NC4CC4)cc3-c3ccncc3)ccc2c1. The molecule has 0 amide bonds. The summed E-state index contributed by atoms with van der Waals surface area (Å²) in [6.07, 6.45) is 6.04. The highest BCUT2D eigenvalue weighted by Gasteiger charge is 2.22. The highest BCUT2D eigenvalue weighted by atomic mass is 15.2. The Morgan fingerprint density at radius 3 is 2.38 bits per heavy atom. The number of fused-ring (bicyclic) bond motifs is 1. The molecule has 0 atom stereocenters. The summed E-state index contributed by atoms with van der Waals surface area (Å²) in [5.41, 5.74) is 4.13. The van der Waals surface area contributed by atoms with Gasteiger partial charge in [0.25, 0.3) is 0 Å². The first kappa shape index (κ1) is 15.0. The second kappa shape index (κ2) is 6.23. The molecule has 1 fully saturated rings. The Morgan fingerprint density at radius 2 is 1.58 bits per heavy atom. The molecule has 126 valence electrons. The van der Waals surface area contributed by atoms with Crippen LogP contribution in [-0.2, 0) is 0 Å². The molecule has 0 saturated heterocycles. The highest BCUT2D eigenvalue weighted by Crippen LogP contribution is 2.34. The van der Waals surface area contributed by atoms with Crippen molar-refractivity contribution in [2.24, 2.45) is 0 Å². The summed E-state index contributed by atoms with van der Waals surface area (Å²) in [5, 5.41) is 14.9. The quantitative estimate of drug-likeness (QED) is 0.573. The maximum Gasteiger partial charge on any atom is 0.149 e. The lowest BCUT2D eigenvalue weighted by molar-refractivity contribution is 1.01. The number of hydrogen-bond donors (Lipinski definition) is 1. The molecule has 0 aliphatic heterocycles. The van der Waals surface area contributed by atoms with Crippen LogP contribution in [0.25, 0.3) is 33.2 Å². The van der Waals surface area contributed by atoms with Crippen molar-refractivity contribution in [2.75, 3.05) is 5.32 Å². The van der Waals surface area contributed by atoms with Crippen molar-refractivity contribution in [3.8, 4) is 22.4 Å². The van der Waals surface area contributed by atoms with Gasteiger partial charge in [-0.15, -0.1) is 10.2 Å². The van der Waals surface area contributed by atoms with Crippen LogP contribution in [0.1, 0.15) is 12.8 Å². The van der Waals surface area contributed by atoms with Gasteiger partial charge in [-0.2, -0.15) is 0 Å². The number of pyridine rings is 1. The zero-order chi connectivity index (χ0) is 17.3. The van der Waals surface area contributed by atoms with Gasteiger partial charge in [0.15, 0.2) is 0 Å². The molecule has 4 aromatic rings. The lowest BCUT2D eigenvalue weighted by Crippen LogP contribution is -2.05. The number of benzene rings is 2. The Labute approximate surface area is 151 Å². The summed E-state index contributed by atoms with van der Waals surface area (Å²) in [5.74, 6) is 0.837. The molecule has 1 aliphatic rings. The minimum atomic E-state index is 0.543. The van der Waals surface area contributed by atoms with Crippen LogP contribution >= 0.6 is 0 Å². The van der Waals surface area contributed by atoms with Gasteiger partial charge in [0, 0.05) is 29.6 Å². The Kier molecular flexibility index (Phi) is 3.60. The van der Waals surface area contributed by atoms with E-state index in [2.05, 4.69) is 69.0 Å². The molecule has 1 saturated carbocycles. The molecule has 2 aromatic heterocycles. The fourth-order valence-electron chi connectivity index (χ4n) is 3.20. The molecule has 0 radical (unpaired) electrons. The van der Waals surface area contributed by atoms with Crippen LogP contribution < -0.4 is 5.32 Å². The molecule has 5 rings (SSSR count).